The van der Waals surface area contributed by atoms with Gasteiger partial charge in [-0.15, -0.1) is 0 Å². The van der Waals surface area contributed by atoms with Gasteiger partial charge in [0.2, 0.25) is 0 Å². The number of nitrogens with zero attached hydrogens (tertiary/aromatic N) is 6. The minimum absolute atomic E-state index is 0.166. The maximum atomic E-state index is 5.61. The monoisotopic (exact) mass is 435 g/mol. The van der Waals surface area contributed by atoms with Crippen molar-refractivity contribution in [1.82, 2.24) is 19.7 Å². The number of rotatable bonds is 5. The molecule has 9 nitrogen and oxygen atoms in total. The average molecular weight is 436 g/mol. The molecule has 1 unspecified atom stereocenters. The van der Waals surface area contributed by atoms with E-state index in [0.29, 0.717) is 19.0 Å². The molecular formula is C23H29N7O2. The number of aryl methyl sites for hydroxylation is 1. The van der Waals surface area contributed by atoms with Crippen molar-refractivity contribution in [2.75, 3.05) is 55.1 Å². The number of methoxy groups -OCH3 is 1. The zero-order chi connectivity index (χ0) is 22.2. The molecule has 1 N–H and O–H groups in total. The molecule has 1 saturated heterocycles. The highest BCUT2D eigenvalue weighted by Crippen LogP contribution is 2.42. The van der Waals surface area contributed by atoms with E-state index >= 15 is 0 Å². The first-order valence-corrected chi connectivity index (χ1v) is 11.1. The maximum absolute atomic E-state index is 5.61. The van der Waals surface area contributed by atoms with Crippen molar-refractivity contribution in [1.29, 1.82) is 0 Å². The van der Waals surface area contributed by atoms with Crippen molar-refractivity contribution >= 4 is 17.3 Å². The summed E-state index contributed by atoms with van der Waals surface area (Å²) in [6.45, 7) is 8.19. The van der Waals surface area contributed by atoms with E-state index in [1.54, 1.807) is 11.8 Å². The normalized spacial score (nSPS) is 17.9. The van der Waals surface area contributed by atoms with Crippen LogP contribution < -0.4 is 19.9 Å². The Kier molecular flexibility index (Phi) is 5.34. The standard InChI is InChI=1S/C23H29N7O2/c1-5-30-15(2)24-20-22(29-10-12-32-13-11-29)25-21(26-23(20)30)16-6-7-19(31-4)17(14-16)18-8-9-28(3)27-18/h6-9,14-15,24H,5,10-13H2,1-4H3. The Hall–Kier alpha value is -3.33. The highest BCUT2D eigenvalue weighted by molar-refractivity contribution is 5.85. The number of nitrogens with one attached hydrogen (secondary N) is 1. The van der Waals surface area contributed by atoms with Crippen LogP contribution in [-0.4, -0.2) is 65.9 Å². The molecule has 0 radical (unpaired) electrons. The summed E-state index contributed by atoms with van der Waals surface area (Å²) >= 11 is 0. The van der Waals surface area contributed by atoms with Crippen molar-refractivity contribution < 1.29 is 9.47 Å². The molecule has 32 heavy (non-hydrogen) atoms. The van der Waals surface area contributed by atoms with Gasteiger partial charge in [-0.1, -0.05) is 0 Å². The molecule has 4 heterocycles. The Morgan fingerprint density at radius 2 is 1.94 bits per heavy atom. The molecule has 0 saturated carbocycles. The van der Waals surface area contributed by atoms with Gasteiger partial charge in [0.05, 0.1) is 32.2 Å². The number of aromatic nitrogens is 4. The van der Waals surface area contributed by atoms with E-state index in [-0.39, 0.29) is 6.17 Å². The number of ether oxygens (including phenoxy) is 2. The van der Waals surface area contributed by atoms with Gasteiger partial charge in [-0.25, -0.2) is 9.97 Å². The van der Waals surface area contributed by atoms with Gasteiger partial charge >= 0.3 is 0 Å². The van der Waals surface area contributed by atoms with Crippen molar-refractivity contribution in [3.8, 4) is 28.4 Å². The molecule has 1 atom stereocenters. The van der Waals surface area contributed by atoms with Crippen molar-refractivity contribution in [3.63, 3.8) is 0 Å². The number of anilines is 3. The van der Waals surface area contributed by atoms with E-state index in [4.69, 9.17) is 19.4 Å². The van der Waals surface area contributed by atoms with Crippen LogP contribution in [0.2, 0.25) is 0 Å². The fourth-order valence-electron chi connectivity index (χ4n) is 4.41. The second-order valence-electron chi connectivity index (χ2n) is 8.06. The second-order valence-corrected chi connectivity index (χ2v) is 8.06. The van der Waals surface area contributed by atoms with Crippen molar-refractivity contribution in [2.24, 2.45) is 7.05 Å². The van der Waals surface area contributed by atoms with Gasteiger partial charge in [-0.2, -0.15) is 5.10 Å². The predicted molar refractivity (Wildman–Crippen MR) is 125 cm³/mol. The molecule has 2 aliphatic heterocycles. The van der Waals surface area contributed by atoms with E-state index in [1.165, 1.54) is 0 Å². The van der Waals surface area contributed by atoms with Gasteiger partial charge in [0.25, 0.3) is 0 Å². The first-order valence-electron chi connectivity index (χ1n) is 11.1. The Morgan fingerprint density at radius 3 is 2.62 bits per heavy atom. The molecule has 3 aromatic rings. The van der Waals surface area contributed by atoms with E-state index in [9.17, 15) is 0 Å². The van der Waals surface area contributed by atoms with Crippen LogP contribution in [0, 0.1) is 0 Å². The molecule has 9 heteroatoms. The van der Waals surface area contributed by atoms with Crippen molar-refractivity contribution in [3.05, 3.63) is 30.5 Å². The molecule has 168 valence electrons. The number of benzene rings is 1. The van der Waals surface area contributed by atoms with Crippen LogP contribution in [0.5, 0.6) is 5.75 Å². The smallest absolute Gasteiger partial charge is 0.164 e. The van der Waals surface area contributed by atoms with Crippen LogP contribution in [0.3, 0.4) is 0 Å². The lowest BCUT2D eigenvalue weighted by Gasteiger charge is -2.29. The molecule has 0 aliphatic carbocycles. The highest BCUT2D eigenvalue weighted by atomic mass is 16.5. The Bertz CT molecular complexity index is 1120. The van der Waals surface area contributed by atoms with Crippen LogP contribution in [0.1, 0.15) is 13.8 Å². The summed E-state index contributed by atoms with van der Waals surface area (Å²) in [5, 5.41) is 8.15. The first-order chi connectivity index (χ1) is 15.6. The zero-order valence-electron chi connectivity index (χ0n) is 19.0. The zero-order valence-corrected chi connectivity index (χ0v) is 19.0. The quantitative estimate of drug-likeness (QED) is 0.655. The summed E-state index contributed by atoms with van der Waals surface area (Å²) in [5.41, 5.74) is 3.70. The summed E-state index contributed by atoms with van der Waals surface area (Å²) in [5.74, 6) is 3.35. The molecule has 2 aliphatic rings. The molecule has 0 spiro atoms. The number of morpholine rings is 1. The topological polar surface area (TPSA) is 80.6 Å². The van der Waals surface area contributed by atoms with Crippen molar-refractivity contribution in [2.45, 2.75) is 20.0 Å². The summed E-state index contributed by atoms with van der Waals surface area (Å²) in [6.07, 6.45) is 2.09. The minimum Gasteiger partial charge on any atom is -0.496 e. The molecule has 0 amide bonds. The molecule has 0 bridgehead atoms. The Labute approximate surface area is 188 Å². The lowest BCUT2D eigenvalue weighted by Crippen LogP contribution is -2.37. The molecule has 1 aromatic carbocycles. The van der Waals surface area contributed by atoms with Crippen LogP contribution in [-0.2, 0) is 11.8 Å². The average Bonchev–Trinajstić information content (AvgIpc) is 3.40. The second kappa shape index (κ2) is 8.31. The number of hydrogen-bond acceptors (Lipinski definition) is 8. The van der Waals surface area contributed by atoms with Gasteiger partial charge in [0.15, 0.2) is 17.5 Å². The summed E-state index contributed by atoms with van der Waals surface area (Å²) in [6, 6.07) is 8.02. The van der Waals surface area contributed by atoms with Gasteiger partial charge in [-0.3, -0.25) is 4.68 Å². The van der Waals surface area contributed by atoms with Gasteiger partial charge in [-0.05, 0) is 38.1 Å². The SMILES string of the molecule is CCN1c2nc(-c3ccc(OC)c(-c4ccn(C)n4)c3)nc(N3CCOCC3)c2NC1C. The molecule has 1 fully saturated rings. The maximum Gasteiger partial charge on any atom is 0.164 e. The summed E-state index contributed by atoms with van der Waals surface area (Å²) in [7, 11) is 3.58. The molecule has 2 aromatic heterocycles. The third kappa shape index (κ3) is 3.52. The first kappa shape index (κ1) is 20.6. The van der Waals surface area contributed by atoms with E-state index < -0.39 is 0 Å². The fourth-order valence-corrected chi connectivity index (χ4v) is 4.41. The minimum atomic E-state index is 0.166. The summed E-state index contributed by atoms with van der Waals surface area (Å²) < 4.78 is 13.0. The van der Waals surface area contributed by atoms with E-state index in [2.05, 4.69) is 40.1 Å². The molecular weight excluding hydrogens is 406 g/mol. The van der Waals surface area contributed by atoms with Crippen LogP contribution in [0.4, 0.5) is 17.3 Å². The number of hydrogen-bond donors (Lipinski definition) is 1. The fraction of sp³-hybridized carbons (Fsp3) is 0.435. The highest BCUT2D eigenvalue weighted by Gasteiger charge is 2.32. The lowest BCUT2D eigenvalue weighted by molar-refractivity contribution is 0.122. The Balaban J connectivity index is 1.64. The summed E-state index contributed by atoms with van der Waals surface area (Å²) in [4.78, 5) is 14.6. The van der Waals surface area contributed by atoms with Crippen LogP contribution in [0.25, 0.3) is 22.6 Å². The van der Waals surface area contributed by atoms with Crippen LogP contribution >= 0.6 is 0 Å². The third-order valence-electron chi connectivity index (χ3n) is 6.06. The van der Waals surface area contributed by atoms with Gasteiger partial charge in [0.1, 0.15) is 11.4 Å². The number of fused-ring (bicyclic) bond motifs is 1. The van der Waals surface area contributed by atoms with Gasteiger partial charge < -0.3 is 24.6 Å². The van der Waals surface area contributed by atoms with E-state index in [0.717, 1.165) is 59.5 Å². The van der Waals surface area contributed by atoms with E-state index in [1.807, 2.05) is 31.4 Å². The van der Waals surface area contributed by atoms with Crippen LogP contribution in [0.15, 0.2) is 30.5 Å². The Morgan fingerprint density at radius 1 is 1.16 bits per heavy atom. The molecule has 5 rings (SSSR count). The third-order valence-corrected chi connectivity index (χ3v) is 6.06. The van der Waals surface area contributed by atoms with Gasteiger partial charge in [0, 0.05) is 44.0 Å². The largest absolute Gasteiger partial charge is 0.496 e. The lowest BCUT2D eigenvalue weighted by atomic mass is 10.1. The predicted octanol–water partition coefficient (Wildman–Crippen LogP) is 2.99.